The van der Waals surface area contributed by atoms with Crippen LogP contribution in [0.15, 0.2) is 30.3 Å². The van der Waals surface area contributed by atoms with Crippen LogP contribution in [0, 0.1) is 0 Å². The van der Waals surface area contributed by atoms with Crippen molar-refractivity contribution in [3.8, 4) is 0 Å². The Balaban J connectivity index is 1.55. The fourth-order valence-corrected chi connectivity index (χ4v) is 2.53. The van der Waals surface area contributed by atoms with Gasteiger partial charge in [-0.05, 0) is 31.2 Å². The van der Waals surface area contributed by atoms with Gasteiger partial charge in [0.15, 0.2) is 0 Å². The van der Waals surface area contributed by atoms with Crippen LogP contribution in [0.2, 0.25) is 0 Å². The lowest BCUT2D eigenvalue weighted by atomic mass is 9.98. The molecule has 0 spiro atoms. The van der Waals surface area contributed by atoms with E-state index in [1.807, 2.05) is 18.2 Å². The van der Waals surface area contributed by atoms with Gasteiger partial charge in [-0.15, -0.1) is 0 Å². The number of hydrogen-bond acceptors (Lipinski definition) is 3. The van der Waals surface area contributed by atoms with E-state index in [-0.39, 0.29) is 6.10 Å². The fraction of sp³-hybridized carbons (Fsp3) is 0.625. The number of hydroxylamine groups is 1. The first kappa shape index (κ1) is 14.5. The predicted molar refractivity (Wildman–Crippen MR) is 76.7 cm³/mol. The standard InChI is InChI=1S/C16H25NO2/c18-15(12-11-14-7-3-1-4-8-14)13-17-19-16-9-5-2-6-10-16/h1,3-4,7-8,15-18H,2,5-6,9-13H2. The van der Waals surface area contributed by atoms with Gasteiger partial charge in [0, 0.05) is 6.54 Å². The normalized spacial score (nSPS) is 18.4. The number of rotatable bonds is 7. The molecule has 3 heteroatoms. The number of nitrogens with one attached hydrogen (secondary N) is 1. The summed E-state index contributed by atoms with van der Waals surface area (Å²) in [5, 5.41) is 9.90. The summed E-state index contributed by atoms with van der Waals surface area (Å²) in [6.45, 7) is 0.517. The Morgan fingerprint density at radius 3 is 2.63 bits per heavy atom. The molecule has 1 fully saturated rings. The minimum Gasteiger partial charge on any atom is -0.392 e. The van der Waals surface area contributed by atoms with E-state index in [1.54, 1.807) is 0 Å². The van der Waals surface area contributed by atoms with E-state index < -0.39 is 0 Å². The largest absolute Gasteiger partial charge is 0.392 e. The number of aliphatic hydroxyl groups is 1. The molecule has 19 heavy (non-hydrogen) atoms. The van der Waals surface area contributed by atoms with Crippen LogP contribution in [0.5, 0.6) is 0 Å². The van der Waals surface area contributed by atoms with Crippen LogP contribution in [0.4, 0.5) is 0 Å². The highest BCUT2D eigenvalue weighted by molar-refractivity contribution is 5.14. The first-order valence-corrected chi connectivity index (χ1v) is 7.45. The third-order valence-corrected chi connectivity index (χ3v) is 3.73. The topological polar surface area (TPSA) is 41.5 Å². The molecule has 0 radical (unpaired) electrons. The minimum absolute atomic E-state index is 0.343. The highest BCUT2D eigenvalue weighted by Crippen LogP contribution is 2.19. The van der Waals surface area contributed by atoms with Crippen molar-refractivity contribution >= 4 is 0 Å². The molecule has 1 atom stereocenters. The molecule has 1 aliphatic carbocycles. The molecule has 2 N–H and O–H groups in total. The summed E-state index contributed by atoms with van der Waals surface area (Å²) >= 11 is 0. The van der Waals surface area contributed by atoms with Crippen LogP contribution in [-0.2, 0) is 11.3 Å². The lowest BCUT2D eigenvalue weighted by Gasteiger charge is -2.22. The van der Waals surface area contributed by atoms with Crippen LogP contribution < -0.4 is 5.48 Å². The average Bonchev–Trinajstić information content (AvgIpc) is 2.47. The van der Waals surface area contributed by atoms with E-state index in [4.69, 9.17) is 4.84 Å². The molecule has 1 saturated carbocycles. The molecule has 0 saturated heterocycles. The average molecular weight is 263 g/mol. The Bertz CT molecular complexity index is 336. The zero-order chi connectivity index (χ0) is 13.3. The molecule has 2 rings (SSSR count). The molecule has 1 aromatic carbocycles. The van der Waals surface area contributed by atoms with Crippen molar-refractivity contribution in [2.45, 2.75) is 57.2 Å². The Kier molecular flexibility index (Phi) is 6.34. The molecule has 1 aromatic rings. The highest BCUT2D eigenvalue weighted by atomic mass is 16.7. The highest BCUT2D eigenvalue weighted by Gasteiger charge is 2.14. The SMILES string of the molecule is OC(CCc1ccccc1)CNOC1CCCCC1. The summed E-state index contributed by atoms with van der Waals surface area (Å²) in [5.74, 6) is 0. The van der Waals surface area contributed by atoms with Gasteiger partial charge in [0.2, 0.25) is 0 Å². The van der Waals surface area contributed by atoms with E-state index in [0.29, 0.717) is 12.6 Å². The van der Waals surface area contributed by atoms with Crippen molar-refractivity contribution in [1.82, 2.24) is 5.48 Å². The van der Waals surface area contributed by atoms with Crippen molar-refractivity contribution in [3.63, 3.8) is 0 Å². The lowest BCUT2D eigenvalue weighted by Crippen LogP contribution is -2.32. The summed E-state index contributed by atoms with van der Waals surface area (Å²) in [7, 11) is 0. The molecule has 0 heterocycles. The molecule has 1 aliphatic rings. The maximum atomic E-state index is 9.90. The van der Waals surface area contributed by atoms with E-state index in [1.165, 1.54) is 24.8 Å². The van der Waals surface area contributed by atoms with Crippen LogP contribution in [0.25, 0.3) is 0 Å². The second kappa shape index (κ2) is 8.31. The molecule has 106 valence electrons. The first-order chi connectivity index (χ1) is 9.34. The summed E-state index contributed by atoms with van der Waals surface area (Å²) in [5.41, 5.74) is 4.21. The maximum Gasteiger partial charge on any atom is 0.0790 e. The molecule has 0 aromatic heterocycles. The van der Waals surface area contributed by atoms with Crippen molar-refractivity contribution in [2.75, 3.05) is 6.54 Å². The third kappa shape index (κ3) is 5.72. The zero-order valence-corrected chi connectivity index (χ0v) is 11.6. The molecule has 3 nitrogen and oxygen atoms in total. The van der Waals surface area contributed by atoms with Crippen LogP contribution in [0.1, 0.15) is 44.1 Å². The molecule has 0 amide bonds. The Hall–Kier alpha value is -0.900. The summed E-state index contributed by atoms with van der Waals surface area (Å²) in [6.07, 6.45) is 7.84. The first-order valence-electron chi connectivity index (χ1n) is 7.45. The van der Waals surface area contributed by atoms with Gasteiger partial charge >= 0.3 is 0 Å². The van der Waals surface area contributed by atoms with Crippen molar-refractivity contribution in [3.05, 3.63) is 35.9 Å². The van der Waals surface area contributed by atoms with Gasteiger partial charge < -0.3 is 5.11 Å². The van der Waals surface area contributed by atoms with E-state index >= 15 is 0 Å². The Morgan fingerprint density at radius 2 is 1.89 bits per heavy atom. The lowest BCUT2D eigenvalue weighted by molar-refractivity contribution is -0.0555. The van der Waals surface area contributed by atoms with Gasteiger partial charge in [0.05, 0.1) is 12.2 Å². The summed E-state index contributed by atoms with van der Waals surface area (Å²) in [6, 6.07) is 10.3. The smallest absolute Gasteiger partial charge is 0.0790 e. The molecular formula is C16H25NO2. The second-order valence-corrected chi connectivity index (χ2v) is 5.40. The molecule has 0 bridgehead atoms. The monoisotopic (exact) mass is 263 g/mol. The Morgan fingerprint density at radius 1 is 1.16 bits per heavy atom. The summed E-state index contributed by atoms with van der Waals surface area (Å²) in [4.78, 5) is 5.60. The maximum absolute atomic E-state index is 9.90. The van der Waals surface area contributed by atoms with Crippen molar-refractivity contribution in [1.29, 1.82) is 0 Å². The molecule has 0 aliphatic heterocycles. The second-order valence-electron chi connectivity index (χ2n) is 5.40. The van der Waals surface area contributed by atoms with Gasteiger partial charge in [-0.3, -0.25) is 4.84 Å². The van der Waals surface area contributed by atoms with E-state index in [0.717, 1.165) is 25.7 Å². The van der Waals surface area contributed by atoms with Crippen LogP contribution >= 0.6 is 0 Å². The number of aliphatic hydroxyl groups excluding tert-OH is 1. The van der Waals surface area contributed by atoms with Crippen LogP contribution in [-0.4, -0.2) is 23.9 Å². The quantitative estimate of drug-likeness (QED) is 0.743. The Labute approximate surface area is 115 Å². The van der Waals surface area contributed by atoms with Crippen LogP contribution in [0.3, 0.4) is 0 Å². The van der Waals surface area contributed by atoms with Crippen molar-refractivity contribution < 1.29 is 9.94 Å². The number of aryl methyl sites for hydroxylation is 1. The molecular weight excluding hydrogens is 238 g/mol. The van der Waals surface area contributed by atoms with Gasteiger partial charge in [-0.1, -0.05) is 49.6 Å². The van der Waals surface area contributed by atoms with Gasteiger partial charge in [-0.2, -0.15) is 5.48 Å². The van der Waals surface area contributed by atoms with Gasteiger partial charge in [0.1, 0.15) is 0 Å². The van der Waals surface area contributed by atoms with Crippen molar-refractivity contribution in [2.24, 2.45) is 0 Å². The number of benzene rings is 1. The minimum atomic E-state index is -0.344. The number of hydrogen-bond donors (Lipinski definition) is 2. The molecule has 1 unspecified atom stereocenters. The zero-order valence-electron chi connectivity index (χ0n) is 11.6. The predicted octanol–water partition coefficient (Wildman–Crippen LogP) is 2.83. The third-order valence-electron chi connectivity index (χ3n) is 3.73. The van der Waals surface area contributed by atoms with E-state index in [9.17, 15) is 5.11 Å². The van der Waals surface area contributed by atoms with Gasteiger partial charge in [0.25, 0.3) is 0 Å². The van der Waals surface area contributed by atoms with E-state index in [2.05, 4.69) is 17.6 Å². The fourth-order valence-electron chi connectivity index (χ4n) is 2.53. The van der Waals surface area contributed by atoms with Gasteiger partial charge in [-0.25, -0.2) is 0 Å². The summed E-state index contributed by atoms with van der Waals surface area (Å²) < 4.78 is 0.